The molecule has 0 rings (SSSR count). The van der Waals surface area contributed by atoms with Crippen molar-refractivity contribution in [3.8, 4) is 0 Å². The molecule has 0 fully saturated rings. The lowest BCUT2D eigenvalue weighted by Gasteiger charge is -2.18. The summed E-state index contributed by atoms with van der Waals surface area (Å²) in [6.07, 6.45) is 101. The molecule has 6 heteroatoms. The molecule has 1 atom stereocenters. The van der Waals surface area contributed by atoms with Crippen LogP contribution < -0.4 is 0 Å². The van der Waals surface area contributed by atoms with Gasteiger partial charge >= 0.3 is 17.9 Å². The molecular weight excluding hydrogens is 997 g/mol. The second-order valence-corrected chi connectivity index (χ2v) is 20.2. The van der Waals surface area contributed by atoms with Crippen molar-refractivity contribution in [1.29, 1.82) is 0 Å². The third-order valence-electron chi connectivity index (χ3n) is 12.6. The molecular formula is C75H114O6. The first-order chi connectivity index (χ1) is 40.0. The Balaban J connectivity index is 4.59. The van der Waals surface area contributed by atoms with Crippen LogP contribution in [0.3, 0.4) is 0 Å². The molecule has 0 spiro atoms. The van der Waals surface area contributed by atoms with Crippen molar-refractivity contribution < 1.29 is 28.6 Å². The molecule has 0 aromatic heterocycles. The Bertz CT molecular complexity index is 1950. The molecule has 1 unspecified atom stereocenters. The average Bonchev–Trinajstić information content (AvgIpc) is 3.47. The van der Waals surface area contributed by atoms with E-state index >= 15 is 0 Å². The predicted octanol–water partition coefficient (Wildman–Crippen LogP) is 22.2. The smallest absolute Gasteiger partial charge is 0.306 e. The van der Waals surface area contributed by atoms with Crippen molar-refractivity contribution in [2.24, 2.45) is 0 Å². The number of unbranched alkanes of at least 4 members (excludes halogenated alkanes) is 12. The Labute approximate surface area is 497 Å². The summed E-state index contributed by atoms with van der Waals surface area (Å²) in [4.78, 5) is 38.4. The van der Waals surface area contributed by atoms with Gasteiger partial charge in [0.05, 0.1) is 0 Å². The first-order valence-electron chi connectivity index (χ1n) is 31.9. The number of allylic oxidation sites excluding steroid dienone is 32. The second kappa shape index (κ2) is 66.8. The van der Waals surface area contributed by atoms with E-state index < -0.39 is 6.10 Å². The van der Waals surface area contributed by atoms with Crippen LogP contribution >= 0.6 is 0 Å². The first-order valence-corrected chi connectivity index (χ1v) is 31.9. The highest BCUT2D eigenvalue weighted by atomic mass is 16.6. The summed E-state index contributed by atoms with van der Waals surface area (Å²) in [6, 6.07) is 0. The van der Waals surface area contributed by atoms with E-state index in [1.807, 2.05) is 0 Å². The summed E-state index contributed by atoms with van der Waals surface area (Å²) in [5, 5.41) is 0. The molecule has 0 bridgehead atoms. The molecule has 81 heavy (non-hydrogen) atoms. The van der Waals surface area contributed by atoms with E-state index in [9.17, 15) is 14.4 Å². The predicted molar refractivity (Wildman–Crippen MR) is 352 cm³/mol. The third kappa shape index (κ3) is 64.9. The fourth-order valence-corrected chi connectivity index (χ4v) is 7.91. The first kappa shape index (κ1) is 75.2. The molecule has 0 N–H and O–H groups in total. The Morgan fingerprint density at radius 2 is 0.444 bits per heavy atom. The van der Waals surface area contributed by atoms with E-state index in [0.717, 1.165) is 167 Å². The van der Waals surface area contributed by atoms with Crippen LogP contribution in [0, 0.1) is 0 Å². The Morgan fingerprint density at radius 1 is 0.247 bits per heavy atom. The van der Waals surface area contributed by atoms with E-state index in [-0.39, 0.29) is 37.5 Å². The summed E-state index contributed by atoms with van der Waals surface area (Å²) in [5.74, 6) is -1.02. The van der Waals surface area contributed by atoms with Gasteiger partial charge in [0, 0.05) is 19.3 Å². The Hall–Kier alpha value is -5.75. The van der Waals surface area contributed by atoms with E-state index in [1.165, 1.54) is 25.7 Å². The maximum atomic E-state index is 12.9. The van der Waals surface area contributed by atoms with Gasteiger partial charge in [-0.15, -0.1) is 0 Å². The molecule has 0 radical (unpaired) electrons. The monoisotopic (exact) mass is 1110 g/mol. The van der Waals surface area contributed by atoms with Crippen LogP contribution in [0.25, 0.3) is 0 Å². The number of esters is 3. The van der Waals surface area contributed by atoms with E-state index in [1.54, 1.807) is 0 Å². The zero-order valence-electron chi connectivity index (χ0n) is 51.5. The van der Waals surface area contributed by atoms with Crippen molar-refractivity contribution in [2.45, 2.75) is 245 Å². The van der Waals surface area contributed by atoms with Crippen LogP contribution in [0.2, 0.25) is 0 Å². The highest BCUT2D eigenvalue weighted by Crippen LogP contribution is 2.13. The molecule has 0 aliphatic heterocycles. The summed E-state index contributed by atoms with van der Waals surface area (Å²) < 4.78 is 16.9. The maximum absolute atomic E-state index is 12.9. The molecule has 0 aromatic rings. The normalized spacial score (nSPS) is 13.5. The van der Waals surface area contributed by atoms with Crippen LogP contribution in [-0.2, 0) is 28.6 Å². The number of carbonyl (C=O) groups is 3. The Kier molecular flexibility index (Phi) is 62.0. The molecule has 0 aliphatic rings. The molecule has 0 amide bonds. The standard InChI is InChI=1S/C75H114O6/c1-4-7-10-13-16-19-22-25-28-31-33-35-36-37-38-40-41-44-47-50-53-56-59-62-65-68-74(77)80-71-72(70-79-73(76)67-64-61-58-55-52-49-46-43-30-27-24-21-18-15-12-9-6-3)81-75(78)69-66-63-60-57-54-51-48-45-42-39-34-32-29-26-23-20-17-14-11-8-5-2/h7-12,16-21,25-30,33-35,37-39,41,44-45,48,50,53-54,57,72H,4-6,13-15,22-24,31-32,36,40,42-43,46-47,49,51-52,55-56,58-71H2,1-3H3/b10-7-,11-8-,12-9-,19-16-,20-17-,21-18-,28-25-,29-26-,30-27-,35-33-,38-37-,39-34-,44-41-,48-45-,53-50-,57-54-. The SMILES string of the molecule is CC/C=C\C/C=C\C/C=C\C/C=C\C/C=C\C/C=C\C/C=C\CCCCCC(=O)OCC(COC(=O)CCCCCCCCC/C=C\C/C=C\C/C=C\CC)OC(=O)CCCC/C=C\C/C=C\C/C=C\C/C=C\C/C=C\C/C=C\CC. The highest BCUT2D eigenvalue weighted by molar-refractivity contribution is 5.71. The lowest BCUT2D eigenvalue weighted by molar-refractivity contribution is -0.167. The van der Waals surface area contributed by atoms with Crippen molar-refractivity contribution in [1.82, 2.24) is 0 Å². The van der Waals surface area contributed by atoms with Crippen LogP contribution in [0.1, 0.15) is 239 Å². The summed E-state index contributed by atoms with van der Waals surface area (Å²) in [5.41, 5.74) is 0. The quantitative estimate of drug-likeness (QED) is 0.0261. The molecule has 450 valence electrons. The van der Waals surface area contributed by atoms with Crippen molar-refractivity contribution in [3.05, 3.63) is 194 Å². The fourth-order valence-electron chi connectivity index (χ4n) is 7.91. The average molecular weight is 1110 g/mol. The molecule has 0 saturated carbocycles. The van der Waals surface area contributed by atoms with Gasteiger partial charge in [-0.3, -0.25) is 14.4 Å². The van der Waals surface area contributed by atoms with Crippen LogP contribution in [0.4, 0.5) is 0 Å². The van der Waals surface area contributed by atoms with Gasteiger partial charge in [0.15, 0.2) is 6.10 Å². The maximum Gasteiger partial charge on any atom is 0.306 e. The third-order valence-corrected chi connectivity index (χ3v) is 12.6. The lowest BCUT2D eigenvalue weighted by Crippen LogP contribution is -2.30. The Morgan fingerprint density at radius 3 is 0.728 bits per heavy atom. The fraction of sp³-hybridized carbons (Fsp3) is 0.533. The number of hydrogen-bond donors (Lipinski definition) is 0. The van der Waals surface area contributed by atoms with E-state index in [2.05, 4.69) is 215 Å². The zero-order valence-corrected chi connectivity index (χ0v) is 51.5. The van der Waals surface area contributed by atoms with Crippen LogP contribution in [0.5, 0.6) is 0 Å². The highest BCUT2D eigenvalue weighted by Gasteiger charge is 2.19. The zero-order chi connectivity index (χ0) is 58.5. The van der Waals surface area contributed by atoms with Crippen molar-refractivity contribution in [3.63, 3.8) is 0 Å². The summed E-state index contributed by atoms with van der Waals surface area (Å²) >= 11 is 0. The van der Waals surface area contributed by atoms with E-state index in [4.69, 9.17) is 14.2 Å². The minimum Gasteiger partial charge on any atom is -0.462 e. The topological polar surface area (TPSA) is 78.9 Å². The molecule has 6 nitrogen and oxygen atoms in total. The van der Waals surface area contributed by atoms with Crippen LogP contribution in [-0.4, -0.2) is 37.2 Å². The number of hydrogen-bond acceptors (Lipinski definition) is 6. The minimum absolute atomic E-state index is 0.123. The van der Waals surface area contributed by atoms with E-state index in [0.29, 0.717) is 19.3 Å². The van der Waals surface area contributed by atoms with Gasteiger partial charge in [-0.25, -0.2) is 0 Å². The lowest BCUT2D eigenvalue weighted by atomic mass is 10.1. The van der Waals surface area contributed by atoms with Gasteiger partial charge in [0.2, 0.25) is 0 Å². The van der Waals surface area contributed by atoms with Gasteiger partial charge in [-0.1, -0.05) is 254 Å². The van der Waals surface area contributed by atoms with Gasteiger partial charge in [0.1, 0.15) is 13.2 Å². The number of rotatable bonds is 55. The molecule has 0 aromatic carbocycles. The molecule has 0 saturated heterocycles. The minimum atomic E-state index is -0.834. The van der Waals surface area contributed by atoms with Crippen molar-refractivity contribution >= 4 is 17.9 Å². The van der Waals surface area contributed by atoms with Gasteiger partial charge in [0.25, 0.3) is 0 Å². The summed E-state index contributed by atoms with van der Waals surface area (Å²) in [6.45, 7) is 6.22. The van der Waals surface area contributed by atoms with Crippen molar-refractivity contribution in [2.75, 3.05) is 13.2 Å². The van der Waals surface area contributed by atoms with Crippen LogP contribution in [0.15, 0.2) is 194 Å². The van der Waals surface area contributed by atoms with Gasteiger partial charge in [-0.05, 0) is 161 Å². The second-order valence-electron chi connectivity index (χ2n) is 20.2. The molecule has 0 heterocycles. The molecule has 0 aliphatic carbocycles. The number of ether oxygens (including phenoxy) is 3. The van der Waals surface area contributed by atoms with Gasteiger partial charge < -0.3 is 14.2 Å². The largest absolute Gasteiger partial charge is 0.462 e. The number of carbonyl (C=O) groups excluding carboxylic acids is 3. The summed E-state index contributed by atoms with van der Waals surface area (Å²) in [7, 11) is 0. The van der Waals surface area contributed by atoms with Gasteiger partial charge in [-0.2, -0.15) is 0 Å².